The average molecular weight is 388 g/mol. The maximum atomic E-state index is 11.0. The topological polar surface area (TPSA) is 91.3 Å². The largest absolute Gasteiger partial charge is 0.504 e. The van der Waals surface area contributed by atoms with Gasteiger partial charge in [-0.25, -0.2) is 0 Å². The Balaban J connectivity index is 1.64. The summed E-state index contributed by atoms with van der Waals surface area (Å²) in [4.78, 5) is 13.4. The number of rotatable bonds is 5. The summed E-state index contributed by atoms with van der Waals surface area (Å²) in [6, 6.07) is 4.07. The van der Waals surface area contributed by atoms with Gasteiger partial charge in [0.05, 0.1) is 17.4 Å². The third kappa shape index (κ3) is 2.07. The Hall–Kier alpha value is -1.83. The molecule has 4 aliphatic rings. The Morgan fingerprint density at radius 1 is 1.43 bits per heavy atom. The van der Waals surface area contributed by atoms with E-state index in [2.05, 4.69) is 17.3 Å². The summed E-state index contributed by atoms with van der Waals surface area (Å²) < 4.78 is 12.9. The second-order valence-electron chi connectivity index (χ2n) is 8.74. The summed E-state index contributed by atoms with van der Waals surface area (Å²) >= 11 is 0. The second kappa shape index (κ2) is 6.08. The number of hydrogen-bond acceptors (Lipinski definition) is 6. The van der Waals surface area contributed by atoms with Crippen LogP contribution in [-0.2, 0) is 21.4 Å². The summed E-state index contributed by atoms with van der Waals surface area (Å²) in [7, 11) is 3.99. The minimum atomic E-state index is -0.805. The van der Waals surface area contributed by atoms with E-state index in [9.17, 15) is 9.90 Å². The lowest BCUT2D eigenvalue weighted by molar-refractivity contribution is -0.203. The lowest BCUT2D eigenvalue weighted by atomic mass is 9.48. The first-order valence-electron chi connectivity index (χ1n) is 10.2. The monoisotopic (exact) mass is 388 g/mol. The molecule has 1 aromatic carbocycles. The minimum Gasteiger partial charge on any atom is -0.504 e. The van der Waals surface area contributed by atoms with Gasteiger partial charge in [-0.1, -0.05) is 6.07 Å². The molecule has 2 bridgehead atoms. The number of likely N-dealkylation sites (N-methyl/N-ethyl adjacent to an activating group) is 1. The van der Waals surface area contributed by atoms with E-state index in [1.165, 1.54) is 5.56 Å². The van der Waals surface area contributed by atoms with Crippen molar-refractivity contribution in [3.63, 3.8) is 0 Å². The molecule has 0 radical (unpaired) electrons. The fraction of sp³-hybridized carbons (Fsp3) is 0.667. The lowest BCUT2D eigenvalue weighted by Gasteiger charge is -2.65. The highest BCUT2D eigenvalue weighted by Gasteiger charge is 2.73. The number of carbonyl (C=O) groups is 1. The van der Waals surface area contributed by atoms with Crippen LogP contribution in [0.1, 0.15) is 36.8 Å². The molecule has 0 amide bonds. The van der Waals surface area contributed by atoms with E-state index in [-0.39, 0.29) is 41.4 Å². The molecular weight excluding hydrogens is 360 g/mol. The van der Waals surface area contributed by atoms with Crippen LogP contribution < -0.4 is 10.1 Å². The molecule has 3 N–H and O–H groups in total. The number of nitrogens with zero attached hydrogens (tertiary/aromatic N) is 1. The van der Waals surface area contributed by atoms with Gasteiger partial charge in [0.15, 0.2) is 11.5 Å². The van der Waals surface area contributed by atoms with Crippen molar-refractivity contribution in [2.24, 2.45) is 0 Å². The first-order valence-corrected chi connectivity index (χ1v) is 10.2. The van der Waals surface area contributed by atoms with Crippen molar-refractivity contribution >= 4 is 5.97 Å². The van der Waals surface area contributed by atoms with Crippen molar-refractivity contribution in [2.75, 3.05) is 27.2 Å². The summed E-state index contributed by atoms with van der Waals surface area (Å²) in [5.41, 5.74) is 1.70. The van der Waals surface area contributed by atoms with Crippen LogP contribution in [0, 0.1) is 0 Å². The van der Waals surface area contributed by atoms with Crippen LogP contribution >= 0.6 is 0 Å². The summed E-state index contributed by atoms with van der Waals surface area (Å²) in [5, 5.41) is 23.0. The molecule has 2 fully saturated rings. The molecule has 5 atom stereocenters. The molecule has 5 rings (SSSR count). The molecule has 28 heavy (non-hydrogen) atoms. The molecule has 152 valence electrons. The molecule has 0 aromatic heterocycles. The zero-order chi connectivity index (χ0) is 19.7. The summed E-state index contributed by atoms with van der Waals surface area (Å²) in [6.07, 6.45) is 3.45. The van der Waals surface area contributed by atoms with Crippen molar-refractivity contribution in [3.8, 4) is 11.5 Å². The Labute approximate surface area is 164 Å². The number of nitrogens with one attached hydrogen (secondary N) is 1. The predicted molar refractivity (Wildman–Crippen MR) is 102 cm³/mol. The number of carboxylic acid groups (broad SMARTS) is 1. The van der Waals surface area contributed by atoms with Crippen LogP contribution in [0.15, 0.2) is 12.1 Å². The first-order chi connectivity index (χ1) is 13.4. The van der Waals surface area contributed by atoms with Crippen molar-refractivity contribution in [1.82, 2.24) is 10.2 Å². The minimum absolute atomic E-state index is 0.0319. The fourth-order valence-electron chi connectivity index (χ4n) is 6.71. The van der Waals surface area contributed by atoms with Gasteiger partial charge in [0.25, 0.3) is 0 Å². The van der Waals surface area contributed by atoms with Crippen LogP contribution in [0.3, 0.4) is 0 Å². The summed E-state index contributed by atoms with van der Waals surface area (Å²) in [5.74, 6) is -0.00616. The molecule has 2 aliphatic heterocycles. The fourth-order valence-corrected chi connectivity index (χ4v) is 6.71. The number of aliphatic carboxylic acids is 1. The molecule has 1 saturated heterocycles. The predicted octanol–water partition coefficient (Wildman–Crippen LogP) is 1.26. The third-order valence-electron chi connectivity index (χ3n) is 7.80. The van der Waals surface area contributed by atoms with Crippen LogP contribution in [-0.4, -0.2) is 72.1 Å². The normalized spacial score (nSPS) is 38.0. The highest BCUT2D eigenvalue weighted by Crippen LogP contribution is 2.66. The van der Waals surface area contributed by atoms with Gasteiger partial charge in [-0.15, -0.1) is 0 Å². The molecule has 2 aliphatic carbocycles. The molecule has 1 saturated carbocycles. The maximum Gasteiger partial charge on any atom is 0.304 e. The van der Waals surface area contributed by atoms with Gasteiger partial charge < -0.3 is 29.9 Å². The standard InChI is InChI=1S/C21H28N2O5/c1-23-10-8-20-17-12-3-4-14(24)18(17)28-19(20)13(22-9-6-16(25)26)5-7-21(20,27-2)15(23)11-12/h3-4,13,15,19,22,24H,5-11H2,1-2H3,(H,25,26)/t13-,15+,19-,20-,21+/m0/s1. The Bertz CT molecular complexity index is 829. The molecule has 7 heteroatoms. The molecule has 2 heterocycles. The second-order valence-corrected chi connectivity index (χ2v) is 8.74. The van der Waals surface area contributed by atoms with E-state index in [4.69, 9.17) is 14.6 Å². The van der Waals surface area contributed by atoms with Crippen LogP contribution in [0.2, 0.25) is 0 Å². The Morgan fingerprint density at radius 2 is 2.25 bits per heavy atom. The summed E-state index contributed by atoms with van der Waals surface area (Å²) in [6.45, 7) is 1.36. The van der Waals surface area contributed by atoms with Crippen molar-refractivity contribution in [3.05, 3.63) is 23.3 Å². The molecular formula is C21H28N2O5. The van der Waals surface area contributed by atoms with Gasteiger partial charge in [-0.05, 0) is 50.9 Å². The van der Waals surface area contributed by atoms with E-state index in [0.29, 0.717) is 12.3 Å². The highest BCUT2D eigenvalue weighted by molar-refractivity contribution is 5.67. The van der Waals surface area contributed by atoms with Gasteiger partial charge in [0.2, 0.25) is 0 Å². The number of phenolic OH excluding ortho intramolecular Hbond substituents is 1. The van der Waals surface area contributed by atoms with E-state index in [1.54, 1.807) is 6.07 Å². The van der Waals surface area contributed by atoms with Gasteiger partial charge in [-0.3, -0.25) is 4.79 Å². The lowest BCUT2D eigenvalue weighted by Crippen LogP contribution is -2.78. The van der Waals surface area contributed by atoms with Gasteiger partial charge >= 0.3 is 5.97 Å². The molecule has 7 nitrogen and oxygen atoms in total. The third-order valence-corrected chi connectivity index (χ3v) is 7.80. The number of likely N-dealkylation sites (tertiary alicyclic amines) is 1. The van der Waals surface area contributed by atoms with E-state index < -0.39 is 5.97 Å². The van der Waals surface area contributed by atoms with Crippen molar-refractivity contribution in [1.29, 1.82) is 0 Å². The number of methoxy groups -OCH3 is 1. The highest BCUT2D eigenvalue weighted by atomic mass is 16.5. The van der Waals surface area contributed by atoms with E-state index in [1.807, 2.05) is 13.2 Å². The van der Waals surface area contributed by atoms with Crippen molar-refractivity contribution in [2.45, 2.75) is 61.3 Å². The number of aromatic hydroxyl groups is 1. The molecule has 0 unspecified atom stereocenters. The van der Waals surface area contributed by atoms with Crippen LogP contribution in [0.4, 0.5) is 0 Å². The van der Waals surface area contributed by atoms with Gasteiger partial charge in [0.1, 0.15) is 6.10 Å². The van der Waals surface area contributed by atoms with Gasteiger partial charge in [-0.2, -0.15) is 0 Å². The molecule has 1 spiro atoms. The first kappa shape index (κ1) is 18.2. The molecule has 1 aromatic rings. The number of carboxylic acids is 1. The average Bonchev–Trinajstić information content (AvgIpc) is 3.03. The van der Waals surface area contributed by atoms with E-state index in [0.717, 1.165) is 37.8 Å². The van der Waals surface area contributed by atoms with Gasteiger partial charge in [0, 0.05) is 31.3 Å². The van der Waals surface area contributed by atoms with E-state index >= 15 is 0 Å². The zero-order valence-corrected chi connectivity index (χ0v) is 16.4. The number of benzene rings is 1. The quantitative estimate of drug-likeness (QED) is 0.700. The van der Waals surface area contributed by atoms with Crippen LogP contribution in [0.5, 0.6) is 11.5 Å². The number of ether oxygens (including phenoxy) is 2. The number of piperidine rings is 1. The number of phenols is 1. The SMILES string of the molecule is CO[C@@]12CC[C@H](NCCC(=O)O)[C@@H]3Oc4c(O)ccc5c4[C@@]31CCN(C)[C@@H]2C5. The van der Waals surface area contributed by atoms with Crippen LogP contribution in [0.25, 0.3) is 0 Å². The zero-order valence-electron chi connectivity index (χ0n) is 16.4. The Kier molecular flexibility index (Phi) is 3.96. The number of hydrogen-bond donors (Lipinski definition) is 3. The smallest absolute Gasteiger partial charge is 0.304 e. The Morgan fingerprint density at radius 3 is 3.00 bits per heavy atom. The van der Waals surface area contributed by atoms with Crippen molar-refractivity contribution < 1.29 is 24.5 Å². The maximum absolute atomic E-state index is 11.0.